The molecule has 1 amide bonds. The van der Waals surface area contributed by atoms with Crippen LogP contribution >= 0.6 is 35.0 Å². The monoisotopic (exact) mass is 469 g/mol. The van der Waals surface area contributed by atoms with E-state index in [9.17, 15) is 9.59 Å². The van der Waals surface area contributed by atoms with Crippen LogP contribution in [-0.2, 0) is 4.79 Å². The highest BCUT2D eigenvalue weighted by Gasteiger charge is 2.15. The number of nitrogens with zero attached hydrogens (tertiary/aromatic N) is 2. The summed E-state index contributed by atoms with van der Waals surface area (Å²) in [6.45, 7) is 1.98. The van der Waals surface area contributed by atoms with Gasteiger partial charge in [-0.05, 0) is 49.4 Å². The fraction of sp³-hybridized carbons (Fsp3) is 0.0870. The number of aryl methyl sites for hydroxylation is 1. The van der Waals surface area contributed by atoms with Gasteiger partial charge in [-0.2, -0.15) is 0 Å². The van der Waals surface area contributed by atoms with Gasteiger partial charge in [0.2, 0.25) is 5.91 Å². The van der Waals surface area contributed by atoms with E-state index in [2.05, 4.69) is 10.3 Å². The predicted molar refractivity (Wildman–Crippen MR) is 128 cm³/mol. The summed E-state index contributed by atoms with van der Waals surface area (Å²) in [4.78, 5) is 30.4. The van der Waals surface area contributed by atoms with Crippen molar-refractivity contribution in [3.05, 3.63) is 92.7 Å². The van der Waals surface area contributed by atoms with Crippen molar-refractivity contribution in [3.8, 4) is 5.69 Å². The fourth-order valence-electron chi connectivity index (χ4n) is 3.08. The zero-order valence-electron chi connectivity index (χ0n) is 16.4. The maximum absolute atomic E-state index is 13.2. The number of hydrogen-bond acceptors (Lipinski definition) is 4. The minimum Gasteiger partial charge on any atom is -0.325 e. The number of rotatable bonds is 5. The quantitative estimate of drug-likeness (QED) is 0.299. The Kier molecular flexibility index (Phi) is 6.32. The molecule has 0 saturated carbocycles. The first-order valence-electron chi connectivity index (χ1n) is 9.38. The summed E-state index contributed by atoms with van der Waals surface area (Å²) in [7, 11) is 0. The van der Waals surface area contributed by atoms with Crippen molar-refractivity contribution in [1.29, 1.82) is 0 Å². The minimum absolute atomic E-state index is 0.0563. The zero-order chi connectivity index (χ0) is 22.0. The van der Waals surface area contributed by atoms with Crippen molar-refractivity contribution < 1.29 is 4.79 Å². The Hall–Kier alpha value is -2.80. The topological polar surface area (TPSA) is 64.0 Å². The van der Waals surface area contributed by atoms with Gasteiger partial charge in [0.25, 0.3) is 5.56 Å². The average molecular weight is 470 g/mol. The molecule has 0 bridgehead atoms. The molecule has 0 aliphatic rings. The molecule has 4 rings (SSSR count). The number of anilines is 1. The fourth-order valence-corrected chi connectivity index (χ4v) is 4.42. The van der Waals surface area contributed by atoms with E-state index in [1.165, 1.54) is 16.3 Å². The van der Waals surface area contributed by atoms with Gasteiger partial charge in [0.15, 0.2) is 5.16 Å². The number of thioether (sulfide) groups is 1. The van der Waals surface area contributed by atoms with Gasteiger partial charge < -0.3 is 5.32 Å². The Morgan fingerprint density at radius 1 is 1.03 bits per heavy atom. The summed E-state index contributed by atoms with van der Waals surface area (Å²) < 4.78 is 1.54. The highest BCUT2D eigenvalue weighted by atomic mass is 35.5. The lowest BCUT2D eigenvalue weighted by Crippen LogP contribution is -2.23. The predicted octanol–water partition coefficient (Wildman–Crippen LogP) is 5.73. The molecule has 1 heterocycles. The second kappa shape index (κ2) is 9.14. The number of carbonyl (C=O) groups is 1. The van der Waals surface area contributed by atoms with Gasteiger partial charge in [-0.15, -0.1) is 0 Å². The Morgan fingerprint density at radius 2 is 1.71 bits per heavy atom. The smallest absolute Gasteiger partial charge is 0.266 e. The van der Waals surface area contributed by atoms with Gasteiger partial charge in [0, 0.05) is 15.7 Å². The van der Waals surface area contributed by atoms with Gasteiger partial charge in [0.05, 0.1) is 22.3 Å². The molecule has 0 unspecified atom stereocenters. The number of halogens is 2. The molecular formula is C23H17Cl2N3O2S. The van der Waals surface area contributed by atoms with Gasteiger partial charge in [0.1, 0.15) is 0 Å². The number of amides is 1. The second-order valence-corrected chi connectivity index (χ2v) is 8.70. The maximum atomic E-state index is 13.2. The van der Waals surface area contributed by atoms with Crippen molar-refractivity contribution in [1.82, 2.24) is 9.55 Å². The molecule has 0 aliphatic heterocycles. The number of hydrogen-bond donors (Lipinski definition) is 1. The van der Waals surface area contributed by atoms with E-state index in [4.69, 9.17) is 23.2 Å². The van der Waals surface area contributed by atoms with E-state index in [0.717, 1.165) is 5.56 Å². The molecule has 5 nitrogen and oxygen atoms in total. The molecule has 156 valence electrons. The SMILES string of the molecule is Cc1ccc(-n2c(SCC(=O)Nc3cc(Cl)cc(Cl)c3)nc3ccccc3c2=O)cc1. The second-order valence-electron chi connectivity index (χ2n) is 6.88. The van der Waals surface area contributed by atoms with Crippen LogP contribution in [0, 0.1) is 6.92 Å². The van der Waals surface area contributed by atoms with E-state index in [1.54, 1.807) is 36.4 Å². The van der Waals surface area contributed by atoms with Gasteiger partial charge in [-0.1, -0.05) is 64.8 Å². The third kappa shape index (κ3) is 4.93. The molecule has 0 atom stereocenters. The molecule has 0 radical (unpaired) electrons. The lowest BCUT2D eigenvalue weighted by molar-refractivity contribution is -0.113. The van der Waals surface area contributed by atoms with Crippen LogP contribution in [0.25, 0.3) is 16.6 Å². The van der Waals surface area contributed by atoms with E-state index >= 15 is 0 Å². The summed E-state index contributed by atoms with van der Waals surface area (Å²) in [6.07, 6.45) is 0. The van der Waals surface area contributed by atoms with Crippen molar-refractivity contribution in [2.24, 2.45) is 0 Å². The van der Waals surface area contributed by atoms with Crippen LogP contribution in [0.15, 0.2) is 76.7 Å². The van der Waals surface area contributed by atoms with Gasteiger partial charge >= 0.3 is 0 Å². The summed E-state index contributed by atoms with van der Waals surface area (Å²) in [5.41, 5.74) is 2.68. The van der Waals surface area contributed by atoms with Crippen LogP contribution in [0.1, 0.15) is 5.56 Å². The van der Waals surface area contributed by atoms with Crippen LogP contribution in [0.3, 0.4) is 0 Å². The number of aromatic nitrogens is 2. The summed E-state index contributed by atoms with van der Waals surface area (Å²) >= 11 is 13.2. The Labute approximate surface area is 193 Å². The van der Waals surface area contributed by atoms with Crippen molar-refractivity contribution in [2.75, 3.05) is 11.1 Å². The van der Waals surface area contributed by atoms with Crippen molar-refractivity contribution in [3.63, 3.8) is 0 Å². The molecule has 3 aromatic carbocycles. The van der Waals surface area contributed by atoms with Crippen LogP contribution in [0.4, 0.5) is 5.69 Å². The molecule has 1 N–H and O–H groups in total. The maximum Gasteiger partial charge on any atom is 0.266 e. The number of para-hydroxylation sites is 1. The molecule has 1 aromatic heterocycles. The molecule has 0 aliphatic carbocycles. The highest BCUT2D eigenvalue weighted by Crippen LogP contribution is 2.24. The highest BCUT2D eigenvalue weighted by molar-refractivity contribution is 7.99. The first-order valence-corrected chi connectivity index (χ1v) is 11.1. The number of fused-ring (bicyclic) bond motifs is 1. The van der Waals surface area contributed by atoms with Crippen LogP contribution in [-0.4, -0.2) is 21.2 Å². The molecule has 31 heavy (non-hydrogen) atoms. The Bertz CT molecular complexity index is 1320. The van der Waals surface area contributed by atoms with Crippen molar-refractivity contribution >= 4 is 57.5 Å². The summed E-state index contributed by atoms with van der Waals surface area (Å²) in [5.74, 6) is -0.206. The summed E-state index contributed by atoms with van der Waals surface area (Å²) in [6, 6.07) is 19.6. The molecule has 0 spiro atoms. The van der Waals surface area contributed by atoms with Crippen LogP contribution in [0.2, 0.25) is 10.0 Å². The molecule has 4 aromatic rings. The number of carbonyl (C=O) groups excluding carboxylic acids is 1. The van der Waals surface area contributed by atoms with Crippen molar-refractivity contribution in [2.45, 2.75) is 12.1 Å². The standard InChI is InChI=1S/C23H17Cl2N3O2S/c1-14-6-8-18(9-7-14)28-22(30)19-4-2-3-5-20(19)27-23(28)31-13-21(29)26-17-11-15(24)10-16(25)12-17/h2-12H,13H2,1H3,(H,26,29). The van der Waals surface area contributed by atoms with E-state index in [0.29, 0.717) is 37.5 Å². The normalized spacial score (nSPS) is 10.9. The number of nitrogens with one attached hydrogen (secondary N) is 1. The minimum atomic E-state index is -0.263. The van der Waals surface area contributed by atoms with E-state index in [1.807, 2.05) is 37.3 Å². The first-order chi connectivity index (χ1) is 14.9. The third-order valence-corrected chi connectivity index (χ3v) is 5.89. The van der Waals surface area contributed by atoms with Crippen LogP contribution in [0.5, 0.6) is 0 Å². The Balaban J connectivity index is 1.66. The molecule has 0 saturated heterocycles. The lowest BCUT2D eigenvalue weighted by atomic mass is 10.2. The van der Waals surface area contributed by atoms with E-state index < -0.39 is 0 Å². The van der Waals surface area contributed by atoms with Gasteiger partial charge in [-0.25, -0.2) is 4.98 Å². The Morgan fingerprint density at radius 3 is 2.42 bits per heavy atom. The first kappa shape index (κ1) is 21.4. The van der Waals surface area contributed by atoms with Crippen LogP contribution < -0.4 is 10.9 Å². The molecule has 0 fully saturated rings. The third-order valence-electron chi connectivity index (χ3n) is 4.52. The summed E-state index contributed by atoms with van der Waals surface area (Å²) in [5, 5.41) is 4.59. The zero-order valence-corrected chi connectivity index (χ0v) is 18.8. The molecular weight excluding hydrogens is 453 g/mol. The largest absolute Gasteiger partial charge is 0.325 e. The molecule has 8 heteroatoms. The average Bonchev–Trinajstić information content (AvgIpc) is 2.72. The van der Waals surface area contributed by atoms with E-state index in [-0.39, 0.29) is 17.2 Å². The van der Waals surface area contributed by atoms with Gasteiger partial charge in [-0.3, -0.25) is 14.2 Å². The number of benzene rings is 3. The lowest BCUT2D eigenvalue weighted by Gasteiger charge is -2.13.